The van der Waals surface area contributed by atoms with E-state index in [0.29, 0.717) is 5.75 Å². The number of carbonyl (C=O) groups is 1. The lowest BCUT2D eigenvalue weighted by Crippen LogP contribution is -2.24. The van der Waals surface area contributed by atoms with Gasteiger partial charge in [0, 0.05) is 29.7 Å². The molecule has 5 heteroatoms. The van der Waals surface area contributed by atoms with Crippen molar-refractivity contribution >= 4 is 33.8 Å². The van der Waals surface area contributed by atoms with Gasteiger partial charge in [0.15, 0.2) is 6.61 Å². The largest absolute Gasteiger partial charge is 0.484 e. The molecule has 4 rings (SSSR count). The lowest BCUT2D eigenvalue weighted by Gasteiger charge is -2.06. The number of hydrogen-bond acceptors (Lipinski definition) is 3. The lowest BCUT2D eigenvalue weighted by molar-refractivity contribution is -0.123. The summed E-state index contributed by atoms with van der Waals surface area (Å²) in [6, 6.07) is 21.8. The average Bonchev–Trinajstić information content (AvgIpc) is 3.02. The van der Waals surface area contributed by atoms with Crippen molar-refractivity contribution in [1.82, 2.24) is 9.99 Å². The molecule has 1 aromatic heterocycles. The van der Waals surface area contributed by atoms with E-state index in [-0.39, 0.29) is 12.5 Å². The normalized spacial score (nSPS) is 11.3. The van der Waals surface area contributed by atoms with E-state index in [0.717, 1.165) is 27.2 Å². The Labute approximate surface area is 156 Å². The van der Waals surface area contributed by atoms with Crippen molar-refractivity contribution in [2.45, 2.75) is 0 Å². The van der Waals surface area contributed by atoms with Crippen molar-refractivity contribution in [3.63, 3.8) is 0 Å². The second kappa shape index (κ2) is 7.33. The Kier molecular flexibility index (Phi) is 4.58. The minimum Gasteiger partial charge on any atom is -0.484 e. The van der Waals surface area contributed by atoms with Gasteiger partial charge >= 0.3 is 0 Å². The monoisotopic (exact) mass is 357 g/mol. The van der Waals surface area contributed by atoms with Crippen LogP contribution in [0.15, 0.2) is 78.0 Å². The quantitative estimate of drug-likeness (QED) is 0.436. The molecule has 0 spiro atoms. The van der Waals surface area contributed by atoms with E-state index in [4.69, 9.17) is 4.74 Å². The molecular weight excluding hydrogens is 338 g/mol. The van der Waals surface area contributed by atoms with Crippen LogP contribution in [0.4, 0.5) is 0 Å². The van der Waals surface area contributed by atoms with Crippen molar-refractivity contribution in [3.8, 4) is 5.75 Å². The number of aryl methyl sites for hydroxylation is 1. The number of hydrogen-bond donors (Lipinski definition) is 1. The van der Waals surface area contributed by atoms with Gasteiger partial charge in [-0.1, -0.05) is 48.5 Å². The van der Waals surface area contributed by atoms with Crippen LogP contribution in [0.25, 0.3) is 21.7 Å². The zero-order valence-electron chi connectivity index (χ0n) is 14.9. The van der Waals surface area contributed by atoms with Crippen molar-refractivity contribution in [3.05, 3.63) is 78.5 Å². The van der Waals surface area contributed by atoms with E-state index in [9.17, 15) is 4.79 Å². The minimum absolute atomic E-state index is 0.0920. The highest BCUT2D eigenvalue weighted by Gasteiger charge is 2.05. The van der Waals surface area contributed by atoms with Crippen molar-refractivity contribution in [2.75, 3.05) is 6.61 Å². The molecule has 0 saturated heterocycles. The molecule has 0 atom stereocenters. The van der Waals surface area contributed by atoms with E-state index >= 15 is 0 Å². The Morgan fingerprint density at radius 1 is 1.07 bits per heavy atom. The number of benzene rings is 3. The van der Waals surface area contributed by atoms with Crippen LogP contribution >= 0.6 is 0 Å². The third kappa shape index (κ3) is 3.67. The highest BCUT2D eigenvalue weighted by molar-refractivity contribution is 5.99. The molecule has 1 amide bonds. The fourth-order valence-corrected chi connectivity index (χ4v) is 3.09. The van der Waals surface area contributed by atoms with Gasteiger partial charge in [0.05, 0.1) is 6.21 Å². The molecule has 4 aromatic rings. The second-order valence-electron chi connectivity index (χ2n) is 6.30. The van der Waals surface area contributed by atoms with Crippen LogP contribution in [0.5, 0.6) is 5.75 Å². The minimum atomic E-state index is -0.306. The van der Waals surface area contributed by atoms with Crippen LogP contribution in [-0.4, -0.2) is 23.3 Å². The molecule has 0 aliphatic rings. The van der Waals surface area contributed by atoms with Crippen LogP contribution in [0.1, 0.15) is 5.56 Å². The van der Waals surface area contributed by atoms with Gasteiger partial charge in [0.1, 0.15) is 5.75 Å². The molecule has 134 valence electrons. The molecule has 0 aliphatic heterocycles. The van der Waals surface area contributed by atoms with Gasteiger partial charge in [-0.15, -0.1) is 0 Å². The van der Waals surface area contributed by atoms with Gasteiger partial charge in [0.2, 0.25) is 0 Å². The first kappa shape index (κ1) is 16.8. The van der Waals surface area contributed by atoms with Crippen molar-refractivity contribution in [2.24, 2.45) is 12.1 Å². The zero-order valence-corrected chi connectivity index (χ0v) is 14.9. The smallest absolute Gasteiger partial charge is 0.277 e. The highest BCUT2D eigenvalue weighted by atomic mass is 16.5. The van der Waals surface area contributed by atoms with Gasteiger partial charge in [-0.2, -0.15) is 5.10 Å². The fourth-order valence-electron chi connectivity index (χ4n) is 3.09. The predicted octanol–water partition coefficient (Wildman–Crippen LogP) is 3.86. The molecule has 0 bridgehead atoms. The summed E-state index contributed by atoms with van der Waals surface area (Å²) in [4.78, 5) is 12.0. The predicted molar refractivity (Wildman–Crippen MR) is 108 cm³/mol. The topological polar surface area (TPSA) is 55.6 Å². The average molecular weight is 357 g/mol. The first-order valence-electron chi connectivity index (χ1n) is 8.68. The number of amides is 1. The van der Waals surface area contributed by atoms with Crippen LogP contribution < -0.4 is 10.2 Å². The summed E-state index contributed by atoms with van der Waals surface area (Å²) in [5, 5.41) is 7.34. The summed E-state index contributed by atoms with van der Waals surface area (Å²) in [6.45, 7) is -0.0920. The Hall–Kier alpha value is -3.60. The summed E-state index contributed by atoms with van der Waals surface area (Å²) in [7, 11) is 1.98. The number of ether oxygens (including phenoxy) is 1. The van der Waals surface area contributed by atoms with E-state index in [1.807, 2.05) is 84.5 Å². The molecule has 0 unspecified atom stereocenters. The molecule has 0 aliphatic carbocycles. The maximum Gasteiger partial charge on any atom is 0.277 e. The number of nitrogens with one attached hydrogen (secondary N) is 1. The molecule has 5 nitrogen and oxygen atoms in total. The highest BCUT2D eigenvalue weighted by Crippen LogP contribution is 2.20. The number of carbonyl (C=O) groups excluding carboxylic acids is 1. The third-order valence-corrected chi connectivity index (χ3v) is 4.41. The van der Waals surface area contributed by atoms with Gasteiger partial charge in [-0.3, -0.25) is 4.79 Å². The summed E-state index contributed by atoms with van der Waals surface area (Å²) in [5.74, 6) is 0.349. The molecular formula is C22H19N3O2. The third-order valence-electron chi connectivity index (χ3n) is 4.41. The molecule has 0 radical (unpaired) electrons. The second-order valence-corrected chi connectivity index (χ2v) is 6.30. The van der Waals surface area contributed by atoms with E-state index in [1.165, 1.54) is 0 Å². The number of rotatable bonds is 5. The Bertz CT molecular complexity index is 1140. The van der Waals surface area contributed by atoms with Crippen LogP contribution in [0, 0.1) is 0 Å². The van der Waals surface area contributed by atoms with Gasteiger partial charge < -0.3 is 9.30 Å². The Morgan fingerprint density at radius 3 is 2.74 bits per heavy atom. The molecule has 0 saturated carbocycles. The SMILES string of the molecule is Cn1cc(/C=N/NC(=O)COc2ccc3ccccc3c2)c2ccccc21. The zero-order chi connectivity index (χ0) is 18.6. The summed E-state index contributed by atoms with van der Waals surface area (Å²) in [6.07, 6.45) is 3.63. The van der Waals surface area contributed by atoms with Gasteiger partial charge in [-0.05, 0) is 29.0 Å². The van der Waals surface area contributed by atoms with Crippen molar-refractivity contribution in [1.29, 1.82) is 0 Å². The maximum atomic E-state index is 12.0. The number of aromatic nitrogens is 1. The van der Waals surface area contributed by atoms with Gasteiger partial charge in [-0.25, -0.2) is 5.43 Å². The first-order chi connectivity index (χ1) is 13.2. The van der Waals surface area contributed by atoms with E-state index in [2.05, 4.69) is 10.5 Å². The standard InChI is InChI=1S/C22H19N3O2/c1-25-14-18(20-8-4-5-9-21(20)25)13-23-24-22(26)15-27-19-11-10-16-6-2-3-7-17(16)12-19/h2-14H,15H2,1H3,(H,24,26)/b23-13+. The molecule has 0 fully saturated rings. The Balaban J connectivity index is 1.36. The van der Waals surface area contributed by atoms with Gasteiger partial charge in [0.25, 0.3) is 5.91 Å². The van der Waals surface area contributed by atoms with Crippen LogP contribution in [0.2, 0.25) is 0 Å². The van der Waals surface area contributed by atoms with Crippen molar-refractivity contribution < 1.29 is 9.53 Å². The fraction of sp³-hybridized carbons (Fsp3) is 0.0909. The maximum absolute atomic E-state index is 12.0. The molecule has 1 heterocycles. The van der Waals surface area contributed by atoms with Crippen LogP contribution in [-0.2, 0) is 11.8 Å². The molecule has 1 N–H and O–H groups in total. The Morgan fingerprint density at radius 2 is 1.85 bits per heavy atom. The number of nitrogens with zero attached hydrogens (tertiary/aromatic N) is 2. The van der Waals surface area contributed by atoms with Crippen LogP contribution in [0.3, 0.4) is 0 Å². The van der Waals surface area contributed by atoms with E-state index < -0.39 is 0 Å². The number of hydrazone groups is 1. The lowest BCUT2D eigenvalue weighted by atomic mass is 10.1. The van der Waals surface area contributed by atoms with E-state index in [1.54, 1.807) is 6.21 Å². The summed E-state index contributed by atoms with van der Waals surface area (Å²) >= 11 is 0. The summed E-state index contributed by atoms with van der Waals surface area (Å²) in [5.41, 5.74) is 4.57. The summed E-state index contributed by atoms with van der Waals surface area (Å²) < 4.78 is 7.59. The molecule has 27 heavy (non-hydrogen) atoms. The number of para-hydroxylation sites is 1. The first-order valence-corrected chi connectivity index (χ1v) is 8.68. The molecule has 3 aromatic carbocycles. The number of fused-ring (bicyclic) bond motifs is 2.